The average molecular weight is 306 g/mol. The molecule has 0 spiro atoms. The Hall–Kier alpha value is -1.89. The van der Waals surface area contributed by atoms with Crippen LogP contribution in [-0.2, 0) is 9.59 Å². The highest BCUT2D eigenvalue weighted by molar-refractivity contribution is 6.12. The molecule has 0 unspecified atom stereocenters. The molecule has 7 heteroatoms. The summed E-state index contributed by atoms with van der Waals surface area (Å²) >= 11 is 0. The zero-order chi connectivity index (χ0) is 15.7. The summed E-state index contributed by atoms with van der Waals surface area (Å²) in [6, 6.07) is 1.65. The van der Waals surface area contributed by atoms with Crippen LogP contribution in [0.25, 0.3) is 0 Å². The number of aryl methyl sites for hydroxylation is 1. The van der Waals surface area contributed by atoms with E-state index in [1.165, 1.54) is 0 Å². The second-order valence-electron chi connectivity index (χ2n) is 6.09. The maximum absolute atomic E-state index is 12.7. The Morgan fingerprint density at radius 1 is 1.32 bits per heavy atom. The zero-order valence-electron chi connectivity index (χ0n) is 13.1. The summed E-state index contributed by atoms with van der Waals surface area (Å²) in [5.74, 6) is 0.698. The van der Waals surface area contributed by atoms with E-state index in [4.69, 9.17) is 4.52 Å². The van der Waals surface area contributed by atoms with Crippen molar-refractivity contribution in [2.24, 2.45) is 5.41 Å². The predicted molar refractivity (Wildman–Crippen MR) is 80.2 cm³/mol. The fourth-order valence-corrected chi connectivity index (χ4v) is 2.89. The van der Waals surface area contributed by atoms with Gasteiger partial charge in [0.1, 0.15) is 11.2 Å². The Labute approximate surface area is 129 Å². The SMILES string of the molecule is CCN1CCN(C(=O)C2(C(=O)Nc3cc(C)on3)CC2)CC1. The Morgan fingerprint density at radius 2 is 2.00 bits per heavy atom. The molecule has 2 aliphatic rings. The van der Waals surface area contributed by atoms with Gasteiger partial charge >= 0.3 is 0 Å². The smallest absolute Gasteiger partial charge is 0.241 e. The minimum atomic E-state index is -0.888. The van der Waals surface area contributed by atoms with Crippen LogP contribution >= 0.6 is 0 Å². The lowest BCUT2D eigenvalue weighted by Gasteiger charge is -2.35. The molecular formula is C15H22N4O3. The third-order valence-electron chi connectivity index (χ3n) is 4.57. The Balaban J connectivity index is 1.63. The molecule has 1 N–H and O–H groups in total. The van der Waals surface area contributed by atoms with Crippen molar-refractivity contribution in [1.29, 1.82) is 0 Å². The van der Waals surface area contributed by atoms with Gasteiger partial charge in [0, 0.05) is 32.2 Å². The summed E-state index contributed by atoms with van der Waals surface area (Å²) in [5.41, 5.74) is -0.888. The van der Waals surface area contributed by atoms with E-state index in [1.54, 1.807) is 13.0 Å². The van der Waals surface area contributed by atoms with Gasteiger partial charge < -0.3 is 19.6 Å². The third kappa shape index (κ3) is 2.72. The Bertz CT molecular complexity index is 571. The first-order valence-corrected chi connectivity index (χ1v) is 7.81. The van der Waals surface area contributed by atoms with E-state index in [0.29, 0.717) is 37.5 Å². The second kappa shape index (κ2) is 5.72. The van der Waals surface area contributed by atoms with Gasteiger partial charge in [0.15, 0.2) is 5.82 Å². The van der Waals surface area contributed by atoms with Gasteiger partial charge in [-0.3, -0.25) is 9.59 Å². The van der Waals surface area contributed by atoms with Gasteiger partial charge in [0.25, 0.3) is 0 Å². The van der Waals surface area contributed by atoms with E-state index >= 15 is 0 Å². The highest BCUT2D eigenvalue weighted by atomic mass is 16.5. The number of nitrogens with one attached hydrogen (secondary N) is 1. The molecular weight excluding hydrogens is 284 g/mol. The van der Waals surface area contributed by atoms with E-state index in [2.05, 4.69) is 22.3 Å². The third-order valence-corrected chi connectivity index (χ3v) is 4.57. The average Bonchev–Trinajstić information content (AvgIpc) is 3.25. The lowest BCUT2D eigenvalue weighted by atomic mass is 10.0. The van der Waals surface area contributed by atoms with Gasteiger partial charge in [0.2, 0.25) is 11.8 Å². The molecule has 2 fully saturated rings. The molecule has 0 radical (unpaired) electrons. The number of rotatable bonds is 4. The van der Waals surface area contributed by atoms with Crippen LogP contribution in [-0.4, -0.2) is 59.5 Å². The van der Waals surface area contributed by atoms with Crippen LogP contribution < -0.4 is 5.32 Å². The summed E-state index contributed by atoms with van der Waals surface area (Å²) in [5, 5.41) is 6.46. The largest absolute Gasteiger partial charge is 0.360 e. The van der Waals surface area contributed by atoms with Gasteiger partial charge in [-0.05, 0) is 26.3 Å². The van der Waals surface area contributed by atoms with Crippen LogP contribution in [0.5, 0.6) is 0 Å². The van der Waals surface area contributed by atoms with Crippen molar-refractivity contribution in [1.82, 2.24) is 15.0 Å². The van der Waals surface area contributed by atoms with Crippen LogP contribution in [0.15, 0.2) is 10.6 Å². The summed E-state index contributed by atoms with van der Waals surface area (Å²) in [7, 11) is 0. The number of piperazine rings is 1. The molecule has 1 aromatic rings. The molecule has 7 nitrogen and oxygen atoms in total. The number of nitrogens with zero attached hydrogens (tertiary/aromatic N) is 3. The van der Waals surface area contributed by atoms with Crippen molar-refractivity contribution < 1.29 is 14.1 Å². The number of likely N-dealkylation sites (N-methyl/N-ethyl adjacent to an activating group) is 1. The first-order valence-electron chi connectivity index (χ1n) is 7.81. The molecule has 2 heterocycles. The highest BCUT2D eigenvalue weighted by Gasteiger charge is 2.58. The van der Waals surface area contributed by atoms with Crippen molar-refractivity contribution >= 4 is 17.6 Å². The first-order chi connectivity index (χ1) is 10.5. The zero-order valence-corrected chi connectivity index (χ0v) is 13.1. The quantitative estimate of drug-likeness (QED) is 0.835. The van der Waals surface area contributed by atoms with Crippen LogP contribution in [0.2, 0.25) is 0 Å². The first kappa shape index (κ1) is 15.0. The summed E-state index contributed by atoms with van der Waals surface area (Å²) in [6.07, 6.45) is 1.23. The summed E-state index contributed by atoms with van der Waals surface area (Å²) in [4.78, 5) is 29.3. The minimum absolute atomic E-state index is 0.0408. The summed E-state index contributed by atoms with van der Waals surface area (Å²) in [6.45, 7) is 8.03. The van der Waals surface area contributed by atoms with Crippen LogP contribution in [0.1, 0.15) is 25.5 Å². The fraction of sp³-hybridized carbons (Fsp3) is 0.667. The van der Waals surface area contributed by atoms with E-state index in [9.17, 15) is 9.59 Å². The number of carbonyl (C=O) groups excluding carboxylic acids is 2. The monoisotopic (exact) mass is 306 g/mol. The lowest BCUT2D eigenvalue weighted by molar-refractivity contribution is -0.143. The molecule has 22 heavy (non-hydrogen) atoms. The molecule has 1 aliphatic heterocycles. The second-order valence-corrected chi connectivity index (χ2v) is 6.09. The fourth-order valence-electron chi connectivity index (χ4n) is 2.89. The standard InChI is InChI=1S/C15H22N4O3/c1-3-18-6-8-19(9-7-18)14(21)15(4-5-15)13(20)16-12-10-11(2)22-17-12/h10H,3-9H2,1-2H3,(H,16,17,20). The minimum Gasteiger partial charge on any atom is -0.360 e. The molecule has 0 atom stereocenters. The van der Waals surface area contributed by atoms with Crippen molar-refractivity contribution in [2.75, 3.05) is 38.0 Å². The van der Waals surface area contributed by atoms with Crippen molar-refractivity contribution in [3.05, 3.63) is 11.8 Å². The number of hydrogen-bond acceptors (Lipinski definition) is 5. The molecule has 120 valence electrons. The highest BCUT2D eigenvalue weighted by Crippen LogP contribution is 2.48. The van der Waals surface area contributed by atoms with Crippen LogP contribution in [0.3, 0.4) is 0 Å². The van der Waals surface area contributed by atoms with E-state index in [-0.39, 0.29) is 11.8 Å². The molecule has 1 saturated heterocycles. The predicted octanol–water partition coefficient (Wildman–Crippen LogP) is 0.866. The van der Waals surface area contributed by atoms with E-state index in [0.717, 1.165) is 19.6 Å². The van der Waals surface area contributed by atoms with Crippen molar-refractivity contribution in [2.45, 2.75) is 26.7 Å². The van der Waals surface area contributed by atoms with Crippen LogP contribution in [0.4, 0.5) is 5.82 Å². The Kier molecular flexibility index (Phi) is 3.90. The number of amides is 2. The van der Waals surface area contributed by atoms with Gasteiger partial charge in [-0.25, -0.2) is 0 Å². The maximum Gasteiger partial charge on any atom is 0.241 e. The number of aromatic nitrogens is 1. The molecule has 0 aromatic carbocycles. The maximum atomic E-state index is 12.7. The number of anilines is 1. The molecule has 1 aromatic heterocycles. The number of carbonyl (C=O) groups is 2. The topological polar surface area (TPSA) is 78.7 Å². The molecule has 2 amide bonds. The van der Waals surface area contributed by atoms with Crippen molar-refractivity contribution in [3.8, 4) is 0 Å². The van der Waals surface area contributed by atoms with E-state index in [1.807, 2.05) is 4.90 Å². The van der Waals surface area contributed by atoms with Gasteiger partial charge in [-0.1, -0.05) is 12.1 Å². The summed E-state index contributed by atoms with van der Waals surface area (Å²) < 4.78 is 4.93. The molecule has 1 saturated carbocycles. The van der Waals surface area contributed by atoms with Crippen molar-refractivity contribution in [3.63, 3.8) is 0 Å². The molecule has 0 bridgehead atoms. The molecule has 1 aliphatic carbocycles. The Morgan fingerprint density at radius 3 is 2.50 bits per heavy atom. The van der Waals surface area contributed by atoms with E-state index < -0.39 is 5.41 Å². The van der Waals surface area contributed by atoms with Gasteiger partial charge in [0.05, 0.1) is 0 Å². The van der Waals surface area contributed by atoms with Gasteiger partial charge in [-0.2, -0.15) is 0 Å². The van der Waals surface area contributed by atoms with Gasteiger partial charge in [-0.15, -0.1) is 0 Å². The number of hydrogen-bond donors (Lipinski definition) is 1. The lowest BCUT2D eigenvalue weighted by Crippen LogP contribution is -2.52. The molecule has 3 rings (SSSR count). The normalized spacial score (nSPS) is 20.7. The van der Waals surface area contributed by atoms with Crippen LogP contribution in [0, 0.1) is 12.3 Å².